The Balaban J connectivity index is 1.97. The molecule has 3 nitrogen and oxygen atoms in total. The van der Waals surface area contributed by atoms with Crippen molar-refractivity contribution in [2.75, 3.05) is 13.2 Å². The smallest absolute Gasteiger partial charge is 0.254 e. The van der Waals surface area contributed by atoms with Crippen molar-refractivity contribution in [1.29, 1.82) is 0 Å². The molecule has 0 radical (unpaired) electrons. The first-order valence-electron chi connectivity index (χ1n) is 6.84. The number of benzene rings is 1. The molecule has 0 unspecified atom stereocenters. The average Bonchev–Trinajstić information content (AvgIpc) is 2.87. The first-order valence-corrected chi connectivity index (χ1v) is 6.84. The molecule has 1 aliphatic heterocycles. The first kappa shape index (κ1) is 14.9. The van der Waals surface area contributed by atoms with Gasteiger partial charge in [0, 0.05) is 19.1 Å². The molecule has 1 aromatic rings. The van der Waals surface area contributed by atoms with Crippen molar-refractivity contribution < 1.29 is 18.3 Å². The standard InChI is InChI=1S/C15H19F2NO2/c1-9(2)14-10(6-7-20-14)8-18-15(19)11-4-3-5-12(16)13(11)17/h3-5,9-10,14H,6-8H2,1-2H3,(H,18,19)/t10-,14+/m0/s1. The van der Waals surface area contributed by atoms with Gasteiger partial charge < -0.3 is 10.1 Å². The fraction of sp³-hybridized carbons (Fsp3) is 0.533. The van der Waals surface area contributed by atoms with Crippen LogP contribution in [0.25, 0.3) is 0 Å². The van der Waals surface area contributed by atoms with Crippen LogP contribution in [0.3, 0.4) is 0 Å². The molecule has 0 bridgehead atoms. The molecule has 1 aromatic carbocycles. The Bertz CT molecular complexity index is 491. The molecule has 110 valence electrons. The minimum Gasteiger partial charge on any atom is -0.378 e. The average molecular weight is 283 g/mol. The van der Waals surface area contributed by atoms with Gasteiger partial charge in [0.1, 0.15) is 0 Å². The van der Waals surface area contributed by atoms with Crippen LogP contribution in [-0.2, 0) is 4.74 Å². The summed E-state index contributed by atoms with van der Waals surface area (Å²) in [4.78, 5) is 11.9. The molecule has 0 spiro atoms. The minimum atomic E-state index is -1.10. The van der Waals surface area contributed by atoms with Crippen molar-refractivity contribution in [1.82, 2.24) is 5.32 Å². The number of amides is 1. The molecule has 2 atom stereocenters. The van der Waals surface area contributed by atoms with Gasteiger partial charge in [-0.2, -0.15) is 0 Å². The number of carbonyl (C=O) groups excluding carboxylic acids is 1. The second-order valence-electron chi connectivity index (χ2n) is 5.44. The lowest BCUT2D eigenvalue weighted by atomic mass is 9.93. The molecule has 1 aliphatic rings. The Labute approximate surface area is 117 Å². The van der Waals surface area contributed by atoms with Gasteiger partial charge in [0.2, 0.25) is 0 Å². The number of hydrogen-bond acceptors (Lipinski definition) is 2. The summed E-state index contributed by atoms with van der Waals surface area (Å²) in [6.07, 6.45) is 0.974. The van der Waals surface area contributed by atoms with Gasteiger partial charge in [-0.25, -0.2) is 8.78 Å². The maximum Gasteiger partial charge on any atom is 0.254 e. The molecule has 1 fully saturated rings. The van der Waals surface area contributed by atoms with E-state index in [4.69, 9.17) is 4.74 Å². The van der Waals surface area contributed by atoms with E-state index in [1.807, 2.05) is 0 Å². The van der Waals surface area contributed by atoms with E-state index in [0.717, 1.165) is 12.5 Å². The summed E-state index contributed by atoms with van der Waals surface area (Å²) in [5.74, 6) is -2.12. The number of hydrogen-bond donors (Lipinski definition) is 1. The largest absolute Gasteiger partial charge is 0.378 e. The summed E-state index contributed by atoms with van der Waals surface area (Å²) < 4.78 is 32.2. The third kappa shape index (κ3) is 3.15. The third-order valence-electron chi connectivity index (χ3n) is 3.64. The van der Waals surface area contributed by atoms with Crippen molar-refractivity contribution in [3.05, 3.63) is 35.4 Å². The van der Waals surface area contributed by atoms with Crippen molar-refractivity contribution in [3.63, 3.8) is 0 Å². The van der Waals surface area contributed by atoms with Gasteiger partial charge in [-0.1, -0.05) is 19.9 Å². The topological polar surface area (TPSA) is 38.3 Å². The summed E-state index contributed by atoms with van der Waals surface area (Å²) >= 11 is 0. The molecule has 0 saturated carbocycles. The van der Waals surface area contributed by atoms with E-state index in [-0.39, 0.29) is 17.6 Å². The highest BCUT2D eigenvalue weighted by Crippen LogP contribution is 2.26. The van der Waals surface area contributed by atoms with E-state index >= 15 is 0 Å². The Morgan fingerprint density at radius 2 is 2.20 bits per heavy atom. The lowest BCUT2D eigenvalue weighted by molar-refractivity contribution is 0.0533. The quantitative estimate of drug-likeness (QED) is 0.922. The number of carbonyl (C=O) groups is 1. The summed E-state index contributed by atoms with van der Waals surface area (Å²) in [6, 6.07) is 3.59. The molecule has 2 rings (SSSR count). The van der Waals surface area contributed by atoms with E-state index < -0.39 is 17.5 Å². The highest BCUT2D eigenvalue weighted by molar-refractivity contribution is 5.94. The van der Waals surface area contributed by atoms with E-state index in [0.29, 0.717) is 19.1 Å². The van der Waals surface area contributed by atoms with Crippen LogP contribution in [0.5, 0.6) is 0 Å². The van der Waals surface area contributed by atoms with Gasteiger partial charge in [-0.15, -0.1) is 0 Å². The zero-order valence-electron chi connectivity index (χ0n) is 11.7. The van der Waals surface area contributed by atoms with Crippen LogP contribution in [-0.4, -0.2) is 25.2 Å². The molecule has 1 N–H and O–H groups in total. The van der Waals surface area contributed by atoms with Gasteiger partial charge in [-0.3, -0.25) is 4.79 Å². The zero-order valence-corrected chi connectivity index (χ0v) is 11.7. The Hall–Kier alpha value is -1.49. The zero-order chi connectivity index (χ0) is 14.7. The Morgan fingerprint density at radius 1 is 1.45 bits per heavy atom. The van der Waals surface area contributed by atoms with E-state index in [2.05, 4.69) is 19.2 Å². The SMILES string of the molecule is CC(C)[C@H]1OCC[C@H]1CNC(=O)c1cccc(F)c1F. The normalized spacial score (nSPS) is 22.2. The molecule has 0 aromatic heterocycles. The van der Waals surface area contributed by atoms with Crippen LogP contribution in [0.1, 0.15) is 30.6 Å². The maximum absolute atomic E-state index is 13.5. The van der Waals surface area contributed by atoms with Crippen LogP contribution in [0, 0.1) is 23.5 Å². The highest BCUT2D eigenvalue weighted by Gasteiger charge is 2.31. The second-order valence-corrected chi connectivity index (χ2v) is 5.44. The van der Waals surface area contributed by atoms with Crippen LogP contribution in [0.15, 0.2) is 18.2 Å². The van der Waals surface area contributed by atoms with Gasteiger partial charge in [0.15, 0.2) is 11.6 Å². The maximum atomic E-state index is 13.5. The fourth-order valence-corrected chi connectivity index (χ4v) is 2.61. The van der Waals surface area contributed by atoms with Crippen LogP contribution in [0.2, 0.25) is 0 Å². The number of nitrogens with one attached hydrogen (secondary N) is 1. The number of halogens is 2. The van der Waals surface area contributed by atoms with Crippen molar-refractivity contribution in [2.45, 2.75) is 26.4 Å². The monoisotopic (exact) mass is 283 g/mol. The van der Waals surface area contributed by atoms with Crippen molar-refractivity contribution in [3.8, 4) is 0 Å². The van der Waals surface area contributed by atoms with Crippen LogP contribution in [0.4, 0.5) is 8.78 Å². The fourth-order valence-electron chi connectivity index (χ4n) is 2.61. The Morgan fingerprint density at radius 3 is 2.90 bits per heavy atom. The molecule has 0 aliphatic carbocycles. The molecular weight excluding hydrogens is 264 g/mol. The molecule has 5 heteroatoms. The summed E-state index contributed by atoms with van der Waals surface area (Å²) in [6.45, 7) is 5.23. The summed E-state index contributed by atoms with van der Waals surface area (Å²) in [5.41, 5.74) is -0.259. The second kappa shape index (κ2) is 6.31. The van der Waals surface area contributed by atoms with E-state index in [9.17, 15) is 13.6 Å². The van der Waals surface area contributed by atoms with E-state index in [1.165, 1.54) is 12.1 Å². The van der Waals surface area contributed by atoms with Crippen LogP contribution < -0.4 is 5.32 Å². The summed E-state index contributed by atoms with van der Waals surface area (Å²) in [7, 11) is 0. The van der Waals surface area contributed by atoms with Gasteiger partial charge in [0.05, 0.1) is 11.7 Å². The Kier molecular flexibility index (Phi) is 4.70. The molecule has 1 amide bonds. The van der Waals surface area contributed by atoms with Gasteiger partial charge in [0.25, 0.3) is 5.91 Å². The van der Waals surface area contributed by atoms with Crippen molar-refractivity contribution >= 4 is 5.91 Å². The lowest BCUT2D eigenvalue weighted by Gasteiger charge is -2.22. The molecule has 20 heavy (non-hydrogen) atoms. The van der Waals surface area contributed by atoms with E-state index in [1.54, 1.807) is 0 Å². The molecule has 1 saturated heterocycles. The lowest BCUT2D eigenvalue weighted by Crippen LogP contribution is -2.35. The third-order valence-corrected chi connectivity index (χ3v) is 3.64. The number of rotatable bonds is 4. The van der Waals surface area contributed by atoms with Crippen LogP contribution >= 0.6 is 0 Å². The van der Waals surface area contributed by atoms with Crippen molar-refractivity contribution in [2.24, 2.45) is 11.8 Å². The summed E-state index contributed by atoms with van der Waals surface area (Å²) in [5, 5.41) is 2.67. The molecular formula is C15H19F2NO2. The van der Waals surface area contributed by atoms with Gasteiger partial charge in [-0.05, 0) is 24.5 Å². The predicted octanol–water partition coefficient (Wildman–Crippen LogP) is 2.76. The minimum absolute atomic E-state index is 0.104. The van der Waals surface area contributed by atoms with Gasteiger partial charge >= 0.3 is 0 Å². The predicted molar refractivity (Wildman–Crippen MR) is 71.4 cm³/mol. The number of ether oxygens (including phenoxy) is 1. The first-order chi connectivity index (χ1) is 9.50. The molecule has 1 heterocycles. The highest BCUT2D eigenvalue weighted by atomic mass is 19.2.